The van der Waals surface area contributed by atoms with E-state index in [0.717, 1.165) is 21.8 Å². The van der Waals surface area contributed by atoms with Crippen molar-refractivity contribution in [3.05, 3.63) is 58.4 Å². The van der Waals surface area contributed by atoms with Crippen molar-refractivity contribution in [1.29, 1.82) is 0 Å². The van der Waals surface area contributed by atoms with Gasteiger partial charge in [-0.05, 0) is 17.7 Å². The molecule has 8 heteroatoms. The Balaban J connectivity index is 1.63. The van der Waals surface area contributed by atoms with E-state index < -0.39 is 11.6 Å². The highest BCUT2D eigenvalue weighted by atomic mass is 32.1. The normalized spacial score (nSPS) is 10.9. The van der Waals surface area contributed by atoms with Gasteiger partial charge >= 0.3 is 0 Å². The van der Waals surface area contributed by atoms with Crippen LogP contribution in [0.25, 0.3) is 0 Å². The molecule has 0 unspecified atom stereocenters. The predicted octanol–water partition coefficient (Wildman–Crippen LogP) is 2.75. The van der Waals surface area contributed by atoms with E-state index in [-0.39, 0.29) is 0 Å². The summed E-state index contributed by atoms with van der Waals surface area (Å²) in [6.07, 6.45) is 3.93. The van der Waals surface area contributed by atoms with Crippen LogP contribution in [0.3, 0.4) is 0 Å². The van der Waals surface area contributed by atoms with Crippen molar-refractivity contribution in [2.75, 3.05) is 5.32 Å². The van der Waals surface area contributed by atoms with E-state index in [4.69, 9.17) is 0 Å². The zero-order valence-electron chi connectivity index (χ0n) is 11.8. The smallest absolute Gasteiger partial charge is 0.183 e. The summed E-state index contributed by atoms with van der Waals surface area (Å²) in [7, 11) is 1.82. The molecular weight excluding hydrogens is 308 g/mol. The van der Waals surface area contributed by atoms with Crippen LogP contribution in [-0.2, 0) is 20.0 Å². The fourth-order valence-corrected chi connectivity index (χ4v) is 2.80. The van der Waals surface area contributed by atoms with Gasteiger partial charge in [-0.1, -0.05) is 11.3 Å². The van der Waals surface area contributed by atoms with E-state index in [0.29, 0.717) is 18.5 Å². The number of hydrogen-bond acceptors (Lipinski definition) is 5. The molecule has 3 rings (SSSR count). The first-order chi connectivity index (χ1) is 10.6. The summed E-state index contributed by atoms with van der Waals surface area (Å²) < 4.78 is 27.8. The van der Waals surface area contributed by atoms with Gasteiger partial charge in [-0.25, -0.2) is 13.8 Å². The molecule has 5 nitrogen and oxygen atoms in total. The first-order valence-corrected chi connectivity index (χ1v) is 7.39. The number of thiazole rings is 1. The van der Waals surface area contributed by atoms with Crippen LogP contribution < -0.4 is 5.32 Å². The van der Waals surface area contributed by atoms with Gasteiger partial charge < -0.3 is 5.32 Å². The number of nitrogens with one attached hydrogen (secondary N) is 1. The molecule has 1 N–H and O–H groups in total. The summed E-state index contributed by atoms with van der Waals surface area (Å²) in [6, 6.07) is 3.93. The second kappa shape index (κ2) is 6.18. The molecule has 0 aliphatic rings. The minimum absolute atomic E-state index is 0.518. The van der Waals surface area contributed by atoms with Crippen LogP contribution in [0.4, 0.5) is 13.9 Å². The largest absolute Gasteiger partial charge is 0.356 e. The van der Waals surface area contributed by atoms with Crippen LogP contribution in [-0.4, -0.2) is 20.0 Å². The quantitative estimate of drug-likeness (QED) is 0.785. The van der Waals surface area contributed by atoms with Gasteiger partial charge in [0.1, 0.15) is 0 Å². The third-order valence-corrected chi connectivity index (χ3v) is 4.10. The molecule has 0 saturated heterocycles. The van der Waals surface area contributed by atoms with Crippen LogP contribution >= 0.6 is 11.3 Å². The summed E-state index contributed by atoms with van der Waals surface area (Å²) >= 11 is 1.48. The third kappa shape index (κ3) is 3.28. The SMILES string of the molecule is Cn1nncc1CNc1ncc(Cc2ccc(F)c(F)c2)s1. The van der Waals surface area contributed by atoms with Crippen molar-refractivity contribution >= 4 is 16.5 Å². The maximum absolute atomic E-state index is 13.2. The molecule has 0 bridgehead atoms. The number of halogens is 2. The standard InChI is InChI=1S/C14H13F2N5S/c1-21-10(7-19-20-21)6-17-14-18-8-11(22-14)4-9-2-3-12(15)13(16)5-9/h2-3,5,7-8H,4,6H2,1H3,(H,17,18). The van der Waals surface area contributed by atoms with E-state index in [1.807, 2.05) is 7.05 Å². The second-order valence-electron chi connectivity index (χ2n) is 4.76. The first-order valence-electron chi connectivity index (χ1n) is 6.58. The van der Waals surface area contributed by atoms with Crippen molar-refractivity contribution in [1.82, 2.24) is 20.0 Å². The summed E-state index contributed by atoms with van der Waals surface area (Å²) in [5.41, 5.74) is 1.65. The lowest BCUT2D eigenvalue weighted by Gasteiger charge is -2.01. The van der Waals surface area contributed by atoms with Crippen molar-refractivity contribution in [2.45, 2.75) is 13.0 Å². The topological polar surface area (TPSA) is 55.6 Å². The van der Waals surface area contributed by atoms with Gasteiger partial charge in [0.25, 0.3) is 0 Å². The first kappa shape index (κ1) is 14.6. The number of aromatic nitrogens is 4. The Bertz CT molecular complexity index is 783. The molecule has 0 saturated carbocycles. The molecule has 0 amide bonds. The lowest BCUT2D eigenvalue weighted by atomic mass is 10.1. The van der Waals surface area contributed by atoms with Crippen molar-refractivity contribution < 1.29 is 8.78 Å². The highest BCUT2D eigenvalue weighted by Crippen LogP contribution is 2.22. The van der Waals surface area contributed by atoms with Crippen molar-refractivity contribution in [3.8, 4) is 0 Å². The van der Waals surface area contributed by atoms with Crippen LogP contribution in [0.15, 0.2) is 30.6 Å². The Morgan fingerprint density at radius 1 is 1.23 bits per heavy atom. The van der Waals surface area contributed by atoms with E-state index in [2.05, 4.69) is 20.6 Å². The fourth-order valence-electron chi connectivity index (χ4n) is 1.96. The molecule has 1 aromatic carbocycles. The molecule has 3 aromatic rings. The number of rotatable bonds is 5. The van der Waals surface area contributed by atoms with Crippen molar-refractivity contribution in [2.24, 2.45) is 7.05 Å². The fraction of sp³-hybridized carbons (Fsp3) is 0.214. The second-order valence-corrected chi connectivity index (χ2v) is 5.87. The summed E-state index contributed by atoms with van der Waals surface area (Å²) in [5, 5.41) is 11.6. The molecule has 114 valence electrons. The summed E-state index contributed by atoms with van der Waals surface area (Å²) in [6.45, 7) is 0.571. The molecule has 22 heavy (non-hydrogen) atoms. The van der Waals surface area contributed by atoms with Gasteiger partial charge in [-0.2, -0.15) is 0 Å². The zero-order valence-corrected chi connectivity index (χ0v) is 12.6. The molecule has 0 fully saturated rings. The Morgan fingerprint density at radius 2 is 2.09 bits per heavy atom. The summed E-state index contributed by atoms with van der Waals surface area (Å²) in [4.78, 5) is 5.24. The molecule has 2 aromatic heterocycles. The van der Waals surface area contributed by atoms with Gasteiger partial charge in [-0.3, -0.25) is 4.68 Å². The van der Waals surface area contributed by atoms with Crippen LogP contribution in [0.5, 0.6) is 0 Å². The van der Waals surface area contributed by atoms with Gasteiger partial charge in [0.2, 0.25) is 0 Å². The van der Waals surface area contributed by atoms with Crippen molar-refractivity contribution in [3.63, 3.8) is 0 Å². The van der Waals surface area contributed by atoms with E-state index in [1.165, 1.54) is 17.4 Å². The number of anilines is 1. The lowest BCUT2D eigenvalue weighted by molar-refractivity contribution is 0.507. The Hall–Kier alpha value is -2.35. The number of nitrogens with zero attached hydrogens (tertiary/aromatic N) is 4. The molecule has 0 aliphatic heterocycles. The maximum atomic E-state index is 13.2. The lowest BCUT2D eigenvalue weighted by Crippen LogP contribution is -2.04. The minimum Gasteiger partial charge on any atom is -0.356 e. The molecule has 0 spiro atoms. The van der Waals surface area contributed by atoms with Gasteiger partial charge in [0.15, 0.2) is 16.8 Å². The number of hydrogen-bond donors (Lipinski definition) is 1. The molecule has 2 heterocycles. The van der Waals surface area contributed by atoms with Gasteiger partial charge in [0, 0.05) is 24.5 Å². The monoisotopic (exact) mass is 321 g/mol. The zero-order chi connectivity index (χ0) is 15.5. The number of benzene rings is 1. The third-order valence-electron chi connectivity index (χ3n) is 3.14. The summed E-state index contributed by atoms with van der Waals surface area (Å²) in [5.74, 6) is -1.66. The van der Waals surface area contributed by atoms with Crippen LogP contribution in [0.2, 0.25) is 0 Å². The average molecular weight is 321 g/mol. The molecule has 0 aliphatic carbocycles. The average Bonchev–Trinajstić information content (AvgIpc) is 3.10. The van der Waals surface area contributed by atoms with Crippen LogP contribution in [0.1, 0.15) is 16.1 Å². The highest BCUT2D eigenvalue weighted by molar-refractivity contribution is 7.15. The van der Waals surface area contributed by atoms with E-state index >= 15 is 0 Å². The van der Waals surface area contributed by atoms with Gasteiger partial charge in [0.05, 0.1) is 18.4 Å². The minimum atomic E-state index is -0.833. The maximum Gasteiger partial charge on any atom is 0.183 e. The Morgan fingerprint density at radius 3 is 2.82 bits per heavy atom. The molecule has 0 atom stereocenters. The van der Waals surface area contributed by atoms with E-state index in [1.54, 1.807) is 23.1 Å². The van der Waals surface area contributed by atoms with E-state index in [9.17, 15) is 8.78 Å². The van der Waals surface area contributed by atoms with Crippen LogP contribution in [0, 0.1) is 11.6 Å². The van der Waals surface area contributed by atoms with Gasteiger partial charge in [-0.15, -0.1) is 16.4 Å². The Labute approximate surface area is 129 Å². The Kier molecular flexibility index (Phi) is 4.10. The molecule has 0 radical (unpaired) electrons. The highest BCUT2D eigenvalue weighted by Gasteiger charge is 2.07. The molecular formula is C14H13F2N5S. The number of aryl methyl sites for hydroxylation is 1. The predicted molar refractivity (Wildman–Crippen MR) is 79.6 cm³/mol.